The van der Waals surface area contributed by atoms with Gasteiger partial charge in [0.2, 0.25) is 0 Å². The zero-order valence-corrected chi connectivity index (χ0v) is 13.6. The molecule has 2 atom stereocenters. The second-order valence-corrected chi connectivity index (χ2v) is 6.78. The summed E-state index contributed by atoms with van der Waals surface area (Å²) < 4.78 is 0. The first-order valence-electron chi connectivity index (χ1n) is 7.85. The van der Waals surface area contributed by atoms with E-state index < -0.39 is 0 Å². The van der Waals surface area contributed by atoms with Crippen LogP contribution in [0.3, 0.4) is 0 Å². The number of aryl methyl sites for hydroxylation is 1. The molecule has 0 radical (unpaired) electrons. The van der Waals surface area contributed by atoms with E-state index in [0.717, 1.165) is 31.7 Å². The minimum absolute atomic E-state index is 0.231. The molecule has 1 fully saturated rings. The fourth-order valence-corrected chi connectivity index (χ4v) is 3.06. The normalized spacial score (nSPS) is 28.0. The summed E-state index contributed by atoms with van der Waals surface area (Å²) >= 11 is 0. The van der Waals surface area contributed by atoms with E-state index in [1.165, 1.54) is 5.69 Å². The van der Waals surface area contributed by atoms with E-state index in [4.69, 9.17) is 0 Å². The molecule has 1 aromatic rings. The summed E-state index contributed by atoms with van der Waals surface area (Å²) in [5, 5.41) is 3.74. The average molecular weight is 275 g/mol. The maximum absolute atomic E-state index is 4.67. The lowest BCUT2D eigenvalue weighted by Crippen LogP contribution is -2.63. The van der Waals surface area contributed by atoms with Gasteiger partial charge < -0.3 is 5.32 Å². The number of hydrogen-bond donors (Lipinski definition) is 1. The standard InChI is InChI=1S/C17H29N3/c1-6-17(5)12-20(16(10-18-17)13(2)3)11-15-9-7-8-14(4)19-15/h7-9,13,16,18H,6,10-12H2,1-5H3. The number of nitrogens with zero attached hydrogens (tertiary/aromatic N) is 2. The Morgan fingerprint density at radius 2 is 2.20 bits per heavy atom. The summed E-state index contributed by atoms with van der Waals surface area (Å²) in [7, 11) is 0. The Balaban J connectivity index is 2.15. The number of hydrogen-bond acceptors (Lipinski definition) is 3. The third-order valence-electron chi connectivity index (χ3n) is 4.62. The predicted molar refractivity (Wildman–Crippen MR) is 84.7 cm³/mol. The highest BCUT2D eigenvalue weighted by Gasteiger charge is 2.35. The monoisotopic (exact) mass is 275 g/mol. The number of pyridine rings is 1. The molecule has 2 unspecified atom stereocenters. The molecule has 1 N–H and O–H groups in total. The summed E-state index contributed by atoms with van der Waals surface area (Å²) in [6.07, 6.45) is 1.16. The molecule has 112 valence electrons. The zero-order valence-electron chi connectivity index (χ0n) is 13.6. The van der Waals surface area contributed by atoms with Crippen molar-refractivity contribution in [2.45, 2.75) is 59.2 Å². The zero-order chi connectivity index (χ0) is 14.8. The molecule has 2 rings (SSSR count). The van der Waals surface area contributed by atoms with Crippen molar-refractivity contribution in [3.63, 3.8) is 0 Å². The van der Waals surface area contributed by atoms with Gasteiger partial charge in [-0.2, -0.15) is 0 Å². The van der Waals surface area contributed by atoms with Crippen LogP contribution in [0.1, 0.15) is 45.5 Å². The van der Waals surface area contributed by atoms with Crippen LogP contribution in [0.15, 0.2) is 18.2 Å². The SMILES string of the molecule is CCC1(C)CN(Cc2cccc(C)n2)C(C(C)C)CN1. The fourth-order valence-electron chi connectivity index (χ4n) is 3.06. The molecular weight excluding hydrogens is 246 g/mol. The number of nitrogens with one attached hydrogen (secondary N) is 1. The van der Waals surface area contributed by atoms with Gasteiger partial charge in [-0.3, -0.25) is 9.88 Å². The Bertz CT molecular complexity index is 444. The van der Waals surface area contributed by atoms with Crippen molar-refractivity contribution in [2.75, 3.05) is 13.1 Å². The largest absolute Gasteiger partial charge is 0.309 e. The molecule has 1 aromatic heterocycles. The average Bonchev–Trinajstić information content (AvgIpc) is 2.38. The molecule has 3 heteroatoms. The second kappa shape index (κ2) is 6.23. The van der Waals surface area contributed by atoms with Gasteiger partial charge in [0.1, 0.15) is 0 Å². The highest BCUT2D eigenvalue weighted by Crippen LogP contribution is 2.24. The summed E-state index contributed by atoms with van der Waals surface area (Å²) in [5.41, 5.74) is 2.53. The van der Waals surface area contributed by atoms with Crippen molar-refractivity contribution in [2.24, 2.45) is 5.92 Å². The first kappa shape index (κ1) is 15.5. The first-order chi connectivity index (χ1) is 9.43. The van der Waals surface area contributed by atoms with E-state index in [0.29, 0.717) is 12.0 Å². The van der Waals surface area contributed by atoms with Crippen molar-refractivity contribution in [3.8, 4) is 0 Å². The van der Waals surface area contributed by atoms with Crippen molar-refractivity contribution >= 4 is 0 Å². The van der Waals surface area contributed by atoms with Crippen LogP contribution < -0.4 is 5.32 Å². The molecule has 0 amide bonds. The van der Waals surface area contributed by atoms with E-state index in [2.05, 4.69) is 68.0 Å². The molecule has 0 aromatic carbocycles. The van der Waals surface area contributed by atoms with Crippen molar-refractivity contribution in [1.29, 1.82) is 0 Å². The molecule has 1 aliphatic rings. The second-order valence-electron chi connectivity index (χ2n) is 6.78. The van der Waals surface area contributed by atoms with Crippen LogP contribution in [0.25, 0.3) is 0 Å². The van der Waals surface area contributed by atoms with E-state index >= 15 is 0 Å². The minimum atomic E-state index is 0.231. The smallest absolute Gasteiger partial charge is 0.0547 e. The number of piperazine rings is 1. The van der Waals surface area contributed by atoms with Gasteiger partial charge >= 0.3 is 0 Å². The third kappa shape index (κ3) is 3.58. The number of aromatic nitrogens is 1. The summed E-state index contributed by atoms with van der Waals surface area (Å²) in [6, 6.07) is 6.92. The molecule has 0 bridgehead atoms. The van der Waals surface area contributed by atoms with E-state index in [9.17, 15) is 0 Å². The Morgan fingerprint density at radius 3 is 2.80 bits per heavy atom. The summed E-state index contributed by atoms with van der Waals surface area (Å²) in [6.45, 7) is 14.4. The fraction of sp³-hybridized carbons (Fsp3) is 0.706. The lowest BCUT2D eigenvalue weighted by molar-refractivity contribution is 0.0529. The molecule has 1 aliphatic heterocycles. The molecule has 20 heavy (non-hydrogen) atoms. The van der Waals surface area contributed by atoms with Gasteiger partial charge in [-0.15, -0.1) is 0 Å². The maximum Gasteiger partial charge on any atom is 0.0547 e. The van der Waals surface area contributed by atoms with Gasteiger partial charge in [0.05, 0.1) is 5.69 Å². The third-order valence-corrected chi connectivity index (χ3v) is 4.62. The van der Waals surface area contributed by atoms with Crippen molar-refractivity contribution in [3.05, 3.63) is 29.6 Å². The highest BCUT2D eigenvalue weighted by atomic mass is 15.3. The molecule has 1 saturated heterocycles. The molecule has 0 spiro atoms. The minimum Gasteiger partial charge on any atom is -0.309 e. The molecular formula is C17H29N3. The van der Waals surface area contributed by atoms with Gasteiger partial charge in [0.15, 0.2) is 0 Å². The molecule has 2 heterocycles. The molecule has 0 saturated carbocycles. The van der Waals surface area contributed by atoms with Gasteiger partial charge in [0.25, 0.3) is 0 Å². The highest BCUT2D eigenvalue weighted by molar-refractivity contribution is 5.10. The summed E-state index contributed by atoms with van der Waals surface area (Å²) in [4.78, 5) is 7.29. The molecule has 0 aliphatic carbocycles. The quantitative estimate of drug-likeness (QED) is 0.915. The van der Waals surface area contributed by atoms with Crippen molar-refractivity contribution in [1.82, 2.24) is 15.2 Å². The maximum atomic E-state index is 4.67. The Morgan fingerprint density at radius 1 is 1.45 bits per heavy atom. The van der Waals surface area contributed by atoms with Gasteiger partial charge in [-0.1, -0.05) is 26.8 Å². The van der Waals surface area contributed by atoms with Gasteiger partial charge in [-0.25, -0.2) is 0 Å². The van der Waals surface area contributed by atoms with Crippen LogP contribution >= 0.6 is 0 Å². The van der Waals surface area contributed by atoms with Crippen LogP contribution in [0.4, 0.5) is 0 Å². The van der Waals surface area contributed by atoms with Crippen molar-refractivity contribution < 1.29 is 0 Å². The Kier molecular flexibility index (Phi) is 4.82. The van der Waals surface area contributed by atoms with Gasteiger partial charge in [-0.05, 0) is 38.3 Å². The van der Waals surface area contributed by atoms with Gasteiger partial charge in [0, 0.05) is 36.9 Å². The van der Waals surface area contributed by atoms with E-state index in [-0.39, 0.29) is 5.54 Å². The Hall–Kier alpha value is -0.930. The summed E-state index contributed by atoms with van der Waals surface area (Å²) in [5.74, 6) is 0.661. The van der Waals surface area contributed by atoms with Crippen LogP contribution in [0.2, 0.25) is 0 Å². The van der Waals surface area contributed by atoms with Crippen LogP contribution in [0, 0.1) is 12.8 Å². The van der Waals surface area contributed by atoms with E-state index in [1.54, 1.807) is 0 Å². The lowest BCUT2D eigenvalue weighted by Gasteiger charge is -2.47. The molecule has 3 nitrogen and oxygen atoms in total. The van der Waals surface area contributed by atoms with E-state index in [1.807, 2.05) is 0 Å². The lowest BCUT2D eigenvalue weighted by atomic mass is 9.90. The Labute approximate surface area is 123 Å². The predicted octanol–water partition coefficient (Wildman–Crippen LogP) is 2.99. The topological polar surface area (TPSA) is 28.2 Å². The van der Waals surface area contributed by atoms with Crippen LogP contribution in [-0.4, -0.2) is 34.6 Å². The first-order valence-corrected chi connectivity index (χ1v) is 7.85. The number of rotatable bonds is 4. The van der Waals surface area contributed by atoms with Crippen LogP contribution in [-0.2, 0) is 6.54 Å². The van der Waals surface area contributed by atoms with Crippen LogP contribution in [0.5, 0.6) is 0 Å².